The van der Waals surface area contributed by atoms with Crippen molar-refractivity contribution in [2.75, 3.05) is 0 Å². The number of carbonyl (C=O) groups excluding carboxylic acids is 1. The first kappa shape index (κ1) is 9.36. The summed E-state index contributed by atoms with van der Waals surface area (Å²) in [7, 11) is 0. The molecule has 0 amide bonds. The van der Waals surface area contributed by atoms with Crippen LogP contribution in [0.25, 0.3) is 0 Å². The molecule has 3 nitrogen and oxygen atoms in total. The molecule has 1 aliphatic heterocycles. The van der Waals surface area contributed by atoms with Crippen molar-refractivity contribution < 1.29 is 9.21 Å². The first-order valence-corrected chi connectivity index (χ1v) is 5.25. The molecule has 2 atom stereocenters. The van der Waals surface area contributed by atoms with Gasteiger partial charge in [-0.1, -0.05) is 30.3 Å². The standard InChI is InChI=1S/C13H11NO2/c15-13(10-7-4-8-16-10)12-11(14-12)9-5-2-1-3-6-9/h1-8,11-12,14H. The molecule has 0 bridgehead atoms. The smallest absolute Gasteiger partial charge is 0.216 e. The molecule has 1 saturated heterocycles. The van der Waals surface area contributed by atoms with Crippen LogP contribution in [-0.2, 0) is 0 Å². The molecule has 0 saturated carbocycles. The fourth-order valence-corrected chi connectivity index (χ4v) is 1.89. The summed E-state index contributed by atoms with van der Waals surface area (Å²) < 4.78 is 5.09. The average Bonchev–Trinajstić information content (AvgIpc) is 2.95. The molecular weight excluding hydrogens is 202 g/mol. The molecule has 2 unspecified atom stereocenters. The Balaban J connectivity index is 1.75. The molecule has 2 heterocycles. The highest BCUT2D eigenvalue weighted by molar-refractivity contribution is 6.00. The predicted octanol–water partition coefficient (Wildman–Crippen LogP) is 2.18. The fourth-order valence-electron chi connectivity index (χ4n) is 1.89. The number of hydrogen-bond donors (Lipinski definition) is 1. The number of rotatable bonds is 3. The highest BCUT2D eigenvalue weighted by Crippen LogP contribution is 2.31. The van der Waals surface area contributed by atoms with Crippen molar-refractivity contribution in [2.24, 2.45) is 0 Å². The lowest BCUT2D eigenvalue weighted by atomic mass is 10.1. The van der Waals surface area contributed by atoms with E-state index in [1.54, 1.807) is 12.1 Å². The van der Waals surface area contributed by atoms with Crippen LogP contribution in [0.1, 0.15) is 22.2 Å². The molecule has 80 valence electrons. The molecular formula is C13H11NO2. The highest BCUT2D eigenvalue weighted by Gasteiger charge is 2.44. The van der Waals surface area contributed by atoms with Gasteiger partial charge in [0.25, 0.3) is 0 Å². The molecule has 1 fully saturated rings. The number of ketones is 1. The molecule has 1 aromatic carbocycles. The molecule has 16 heavy (non-hydrogen) atoms. The van der Waals surface area contributed by atoms with Gasteiger partial charge < -0.3 is 4.42 Å². The van der Waals surface area contributed by atoms with E-state index in [4.69, 9.17) is 4.42 Å². The van der Waals surface area contributed by atoms with Gasteiger partial charge in [0.05, 0.1) is 18.3 Å². The number of furan rings is 1. The van der Waals surface area contributed by atoms with Crippen molar-refractivity contribution in [1.82, 2.24) is 5.32 Å². The maximum Gasteiger partial charge on any atom is 0.216 e. The summed E-state index contributed by atoms with van der Waals surface area (Å²) in [5.41, 5.74) is 1.15. The van der Waals surface area contributed by atoms with Crippen molar-refractivity contribution in [3.8, 4) is 0 Å². The number of nitrogens with one attached hydrogen (secondary N) is 1. The monoisotopic (exact) mass is 213 g/mol. The van der Waals surface area contributed by atoms with Gasteiger partial charge in [-0.2, -0.15) is 0 Å². The van der Waals surface area contributed by atoms with Gasteiger partial charge in [0, 0.05) is 0 Å². The zero-order valence-corrected chi connectivity index (χ0v) is 8.59. The largest absolute Gasteiger partial charge is 0.461 e. The Morgan fingerprint density at radius 1 is 1.12 bits per heavy atom. The zero-order valence-electron chi connectivity index (χ0n) is 8.59. The second-order valence-corrected chi connectivity index (χ2v) is 3.87. The quantitative estimate of drug-likeness (QED) is 0.628. The Bertz CT molecular complexity index is 490. The van der Waals surface area contributed by atoms with E-state index in [1.807, 2.05) is 30.3 Å². The lowest BCUT2D eigenvalue weighted by molar-refractivity contribution is 0.0961. The first-order chi connectivity index (χ1) is 7.86. The Labute approximate surface area is 93.1 Å². The van der Waals surface area contributed by atoms with E-state index < -0.39 is 0 Å². The van der Waals surface area contributed by atoms with Crippen LogP contribution in [0.4, 0.5) is 0 Å². The lowest BCUT2D eigenvalue weighted by Gasteiger charge is -1.95. The van der Waals surface area contributed by atoms with Crippen LogP contribution >= 0.6 is 0 Å². The SMILES string of the molecule is O=C(c1ccco1)C1NC1c1ccccc1. The summed E-state index contributed by atoms with van der Waals surface area (Å²) in [5.74, 6) is 0.454. The predicted molar refractivity (Wildman–Crippen MR) is 59.1 cm³/mol. The van der Waals surface area contributed by atoms with E-state index in [1.165, 1.54) is 6.26 Å². The van der Waals surface area contributed by atoms with Crippen molar-refractivity contribution in [3.05, 3.63) is 60.1 Å². The number of benzene rings is 1. The first-order valence-electron chi connectivity index (χ1n) is 5.25. The Morgan fingerprint density at radius 3 is 2.62 bits per heavy atom. The van der Waals surface area contributed by atoms with Gasteiger partial charge >= 0.3 is 0 Å². The topological polar surface area (TPSA) is 52.2 Å². The van der Waals surface area contributed by atoms with Crippen LogP contribution in [0.3, 0.4) is 0 Å². The maximum absolute atomic E-state index is 11.9. The molecule has 3 heteroatoms. The minimum atomic E-state index is -0.131. The Morgan fingerprint density at radius 2 is 1.94 bits per heavy atom. The second kappa shape index (κ2) is 3.61. The third-order valence-corrected chi connectivity index (χ3v) is 2.79. The molecule has 1 aliphatic rings. The van der Waals surface area contributed by atoms with Crippen molar-refractivity contribution >= 4 is 5.78 Å². The van der Waals surface area contributed by atoms with Gasteiger partial charge in [-0.25, -0.2) is 0 Å². The van der Waals surface area contributed by atoms with Gasteiger partial charge in [0.2, 0.25) is 5.78 Å². The summed E-state index contributed by atoms with van der Waals surface area (Å²) in [6.45, 7) is 0. The van der Waals surface area contributed by atoms with Crippen LogP contribution in [0.5, 0.6) is 0 Å². The lowest BCUT2D eigenvalue weighted by Crippen LogP contribution is -2.09. The van der Waals surface area contributed by atoms with Crippen LogP contribution in [-0.4, -0.2) is 11.8 Å². The summed E-state index contributed by atoms with van der Waals surface area (Å²) in [5, 5.41) is 3.16. The van der Waals surface area contributed by atoms with Crippen LogP contribution in [0, 0.1) is 0 Å². The van der Waals surface area contributed by atoms with Crippen molar-refractivity contribution in [2.45, 2.75) is 12.1 Å². The van der Waals surface area contributed by atoms with Gasteiger partial charge in [-0.3, -0.25) is 10.1 Å². The molecule has 1 aromatic heterocycles. The van der Waals surface area contributed by atoms with Crippen LogP contribution in [0.15, 0.2) is 53.1 Å². The second-order valence-electron chi connectivity index (χ2n) is 3.87. The van der Waals surface area contributed by atoms with E-state index in [-0.39, 0.29) is 17.9 Å². The van der Waals surface area contributed by atoms with Crippen LogP contribution in [0.2, 0.25) is 0 Å². The fraction of sp³-hybridized carbons (Fsp3) is 0.154. The van der Waals surface area contributed by atoms with Crippen molar-refractivity contribution in [1.29, 1.82) is 0 Å². The van der Waals surface area contributed by atoms with Gasteiger partial charge in [-0.15, -0.1) is 0 Å². The molecule has 0 aliphatic carbocycles. The molecule has 1 N–H and O–H groups in total. The summed E-state index contributed by atoms with van der Waals surface area (Å²) in [4.78, 5) is 11.9. The van der Waals surface area contributed by atoms with Crippen molar-refractivity contribution in [3.63, 3.8) is 0 Å². The van der Waals surface area contributed by atoms with E-state index in [0.29, 0.717) is 5.76 Å². The maximum atomic E-state index is 11.9. The highest BCUT2D eigenvalue weighted by atomic mass is 16.3. The zero-order chi connectivity index (χ0) is 11.0. The summed E-state index contributed by atoms with van der Waals surface area (Å²) in [6, 6.07) is 13.4. The van der Waals surface area contributed by atoms with Crippen LogP contribution < -0.4 is 5.32 Å². The number of carbonyl (C=O) groups is 1. The minimum Gasteiger partial charge on any atom is -0.461 e. The molecule has 0 radical (unpaired) electrons. The van der Waals surface area contributed by atoms with Gasteiger partial charge in [-0.05, 0) is 17.7 Å². The van der Waals surface area contributed by atoms with E-state index in [2.05, 4.69) is 5.32 Å². The van der Waals surface area contributed by atoms with E-state index in [0.717, 1.165) is 5.56 Å². The van der Waals surface area contributed by atoms with Gasteiger partial charge in [0.1, 0.15) is 0 Å². The number of Topliss-reactive ketones (excluding diaryl/α,β-unsaturated/α-hetero) is 1. The minimum absolute atomic E-state index is 0.0267. The van der Waals surface area contributed by atoms with E-state index in [9.17, 15) is 4.79 Å². The molecule has 0 spiro atoms. The third-order valence-electron chi connectivity index (χ3n) is 2.79. The average molecular weight is 213 g/mol. The third kappa shape index (κ3) is 1.55. The number of hydrogen-bond acceptors (Lipinski definition) is 3. The Hall–Kier alpha value is -1.87. The van der Waals surface area contributed by atoms with Gasteiger partial charge in [0.15, 0.2) is 5.76 Å². The Kier molecular flexibility index (Phi) is 2.11. The summed E-state index contributed by atoms with van der Waals surface area (Å²) in [6.07, 6.45) is 1.52. The van der Waals surface area contributed by atoms with E-state index >= 15 is 0 Å². The molecule has 3 rings (SSSR count). The molecule has 2 aromatic rings. The normalized spacial score (nSPS) is 23.0. The summed E-state index contributed by atoms with van der Waals surface area (Å²) >= 11 is 0.